The Hall–Kier alpha value is -1.28. The molecule has 0 aliphatic rings. The minimum atomic E-state index is -5.29. The van der Waals surface area contributed by atoms with Crippen molar-refractivity contribution in [1.29, 1.82) is 0 Å². The van der Waals surface area contributed by atoms with E-state index in [9.17, 15) is 21.6 Å². The van der Waals surface area contributed by atoms with Gasteiger partial charge in [-0.25, -0.2) is 8.42 Å². The number of anilines is 1. The first-order chi connectivity index (χ1) is 9.64. The summed E-state index contributed by atoms with van der Waals surface area (Å²) in [5.41, 5.74) is -4.75. The summed E-state index contributed by atoms with van der Waals surface area (Å²) in [6.45, 7) is 5.61. The molecule has 21 heavy (non-hydrogen) atoms. The normalized spacial score (nSPS) is 12.7. The summed E-state index contributed by atoms with van der Waals surface area (Å²) in [4.78, 5) is -0.767. The second-order valence-electron chi connectivity index (χ2n) is 4.87. The van der Waals surface area contributed by atoms with Gasteiger partial charge in [0.15, 0.2) is 0 Å². The zero-order chi connectivity index (χ0) is 16.1. The van der Waals surface area contributed by atoms with E-state index in [1.54, 1.807) is 0 Å². The topological polar surface area (TPSA) is 55.4 Å². The highest BCUT2D eigenvalue weighted by Crippen LogP contribution is 2.30. The van der Waals surface area contributed by atoms with E-state index in [1.807, 2.05) is 13.8 Å². The van der Waals surface area contributed by atoms with Gasteiger partial charge in [0, 0.05) is 18.8 Å². The van der Waals surface area contributed by atoms with Gasteiger partial charge in [0.25, 0.3) is 9.84 Å². The Kier molecular flexibility index (Phi) is 6.03. The molecule has 0 aliphatic carbocycles. The van der Waals surface area contributed by atoms with E-state index in [-0.39, 0.29) is 0 Å². The van der Waals surface area contributed by atoms with Crippen LogP contribution in [-0.4, -0.2) is 33.7 Å². The summed E-state index contributed by atoms with van der Waals surface area (Å²) in [5, 5.41) is 2.93. The summed E-state index contributed by atoms with van der Waals surface area (Å²) < 4.78 is 64.7. The standard InChI is InChI=1S/C13H18F3NO3S/c1-10(2)9-20-8-7-17-11-3-5-12(6-4-11)21(18,19)13(14,15)16/h3-6,10,17H,7-9H2,1-2H3. The monoisotopic (exact) mass is 325 g/mol. The van der Waals surface area contributed by atoms with Gasteiger partial charge in [-0.05, 0) is 30.2 Å². The van der Waals surface area contributed by atoms with Crippen LogP contribution in [0.4, 0.5) is 18.9 Å². The second kappa shape index (κ2) is 7.13. The van der Waals surface area contributed by atoms with Gasteiger partial charge in [-0.3, -0.25) is 0 Å². The predicted molar refractivity (Wildman–Crippen MR) is 73.8 cm³/mol. The Morgan fingerprint density at radius 2 is 1.76 bits per heavy atom. The van der Waals surface area contributed by atoms with Gasteiger partial charge in [-0.15, -0.1) is 0 Å². The van der Waals surface area contributed by atoms with Crippen molar-refractivity contribution in [3.05, 3.63) is 24.3 Å². The van der Waals surface area contributed by atoms with Gasteiger partial charge in [-0.2, -0.15) is 13.2 Å². The van der Waals surface area contributed by atoms with Crippen molar-refractivity contribution in [2.45, 2.75) is 24.3 Å². The van der Waals surface area contributed by atoms with Crippen molar-refractivity contribution in [3.8, 4) is 0 Å². The molecule has 1 aromatic carbocycles. The molecule has 1 N–H and O–H groups in total. The zero-order valence-corrected chi connectivity index (χ0v) is 12.6. The Bertz CT molecular complexity index is 539. The molecule has 0 spiro atoms. The van der Waals surface area contributed by atoms with Crippen molar-refractivity contribution in [2.75, 3.05) is 25.1 Å². The third kappa shape index (κ3) is 5.20. The summed E-state index contributed by atoms with van der Waals surface area (Å²) in [6, 6.07) is 4.45. The van der Waals surface area contributed by atoms with Crippen LogP contribution in [0.25, 0.3) is 0 Å². The van der Waals surface area contributed by atoms with Crippen LogP contribution < -0.4 is 5.32 Å². The maximum atomic E-state index is 12.4. The van der Waals surface area contributed by atoms with Crippen LogP contribution >= 0.6 is 0 Å². The lowest BCUT2D eigenvalue weighted by Crippen LogP contribution is -2.23. The van der Waals surface area contributed by atoms with Crippen molar-refractivity contribution in [3.63, 3.8) is 0 Å². The molecule has 0 saturated heterocycles. The van der Waals surface area contributed by atoms with Gasteiger partial charge in [0.2, 0.25) is 0 Å². The molecule has 0 radical (unpaired) electrons. The van der Waals surface area contributed by atoms with Gasteiger partial charge >= 0.3 is 5.51 Å². The molecule has 0 bridgehead atoms. The molecule has 0 heterocycles. The SMILES string of the molecule is CC(C)COCCNc1ccc(S(=O)(=O)C(F)(F)F)cc1. The number of halogens is 3. The fourth-order valence-corrected chi connectivity index (χ4v) is 2.23. The second-order valence-corrected chi connectivity index (χ2v) is 6.81. The molecule has 1 aromatic rings. The first-order valence-corrected chi connectivity index (χ1v) is 7.86. The largest absolute Gasteiger partial charge is 0.501 e. The van der Waals surface area contributed by atoms with Crippen LogP contribution in [-0.2, 0) is 14.6 Å². The summed E-state index contributed by atoms with van der Waals surface area (Å²) in [5.74, 6) is 0.428. The lowest BCUT2D eigenvalue weighted by atomic mass is 10.2. The third-order valence-corrected chi connectivity index (χ3v) is 4.00. The minimum absolute atomic E-state index is 0.428. The summed E-state index contributed by atoms with van der Waals surface area (Å²) in [7, 11) is -5.28. The molecule has 4 nitrogen and oxygen atoms in total. The van der Waals surface area contributed by atoms with Crippen molar-refractivity contribution < 1.29 is 26.3 Å². The molecular weight excluding hydrogens is 307 g/mol. The fraction of sp³-hybridized carbons (Fsp3) is 0.538. The number of alkyl halides is 3. The Morgan fingerprint density at radius 3 is 2.24 bits per heavy atom. The maximum absolute atomic E-state index is 12.4. The van der Waals surface area contributed by atoms with Crippen molar-refractivity contribution in [1.82, 2.24) is 0 Å². The third-order valence-electron chi connectivity index (χ3n) is 2.50. The van der Waals surface area contributed by atoms with Crippen LogP contribution in [0.15, 0.2) is 29.2 Å². The lowest BCUT2D eigenvalue weighted by Gasteiger charge is -2.11. The van der Waals surface area contributed by atoms with E-state index in [2.05, 4.69) is 5.32 Å². The minimum Gasteiger partial charge on any atom is -0.383 e. The molecule has 0 aromatic heterocycles. The highest BCUT2D eigenvalue weighted by molar-refractivity contribution is 7.92. The summed E-state index contributed by atoms with van der Waals surface area (Å²) >= 11 is 0. The number of hydrogen-bond donors (Lipinski definition) is 1. The van der Waals surface area contributed by atoms with E-state index in [1.165, 1.54) is 12.1 Å². The Morgan fingerprint density at radius 1 is 1.19 bits per heavy atom. The van der Waals surface area contributed by atoms with E-state index in [0.29, 0.717) is 31.4 Å². The molecule has 0 saturated carbocycles. The van der Waals surface area contributed by atoms with Crippen LogP contribution in [0, 0.1) is 5.92 Å². The molecule has 0 atom stereocenters. The quantitative estimate of drug-likeness (QED) is 0.783. The number of ether oxygens (including phenoxy) is 1. The first-order valence-electron chi connectivity index (χ1n) is 6.37. The molecular formula is C13H18F3NO3S. The van der Waals surface area contributed by atoms with Crippen molar-refractivity contribution in [2.24, 2.45) is 5.92 Å². The van der Waals surface area contributed by atoms with E-state index < -0.39 is 20.2 Å². The van der Waals surface area contributed by atoms with Gasteiger partial charge in [0.05, 0.1) is 11.5 Å². The highest BCUT2D eigenvalue weighted by Gasteiger charge is 2.46. The molecule has 0 unspecified atom stereocenters. The molecule has 8 heteroatoms. The van der Waals surface area contributed by atoms with E-state index in [0.717, 1.165) is 12.1 Å². The molecule has 120 valence electrons. The first kappa shape index (κ1) is 17.8. The van der Waals surface area contributed by atoms with Crippen LogP contribution in [0.3, 0.4) is 0 Å². The zero-order valence-electron chi connectivity index (χ0n) is 11.8. The number of nitrogens with one attached hydrogen (secondary N) is 1. The van der Waals surface area contributed by atoms with E-state index in [4.69, 9.17) is 4.74 Å². The average Bonchev–Trinajstić information content (AvgIpc) is 2.37. The molecule has 0 fully saturated rings. The molecule has 1 rings (SSSR count). The van der Waals surface area contributed by atoms with Gasteiger partial charge < -0.3 is 10.1 Å². The fourth-order valence-electron chi connectivity index (χ4n) is 1.47. The van der Waals surface area contributed by atoms with Crippen LogP contribution in [0.5, 0.6) is 0 Å². The smallest absolute Gasteiger partial charge is 0.383 e. The van der Waals surface area contributed by atoms with Crippen molar-refractivity contribution >= 4 is 15.5 Å². The summed E-state index contributed by atoms with van der Waals surface area (Å²) in [6.07, 6.45) is 0. The number of benzene rings is 1. The molecule has 0 amide bonds. The maximum Gasteiger partial charge on any atom is 0.501 e. The Labute approximate surface area is 122 Å². The number of sulfone groups is 1. The van der Waals surface area contributed by atoms with E-state index >= 15 is 0 Å². The van der Waals surface area contributed by atoms with Crippen LogP contribution in [0.2, 0.25) is 0 Å². The number of rotatable bonds is 7. The lowest BCUT2D eigenvalue weighted by molar-refractivity contribution is -0.0436. The predicted octanol–water partition coefficient (Wildman–Crippen LogP) is 3.06. The average molecular weight is 325 g/mol. The number of hydrogen-bond acceptors (Lipinski definition) is 4. The molecule has 0 aliphatic heterocycles. The van der Waals surface area contributed by atoms with Gasteiger partial charge in [-0.1, -0.05) is 13.8 Å². The van der Waals surface area contributed by atoms with Crippen LogP contribution in [0.1, 0.15) is 13.8 Å². The Balaban J connectivity index is 2.56. The highest BCUT2D eigenvalue weighted by atomic mass is 32.2. The van der Waals surface area contributed by atoms with Gasteiger partial charge in [0.1, 0.15) is 0 Å².